The number of phenols is 1. The Labute approximate surface area is 213 Å². The monoisotopic (exact) mass is 510 g/mol. The van der Waals surface area contributed by atoms with Crippen molar-refractivity contribution in [1.29, 1.82) is 0 Å². The molecule has 0 radical (unpaired) electrons. The summed E-state index contributed by atoms with van der Waals surface area (Å²) in [4.78, 5) is 25.7. The molecule has 0 spiro atoms. The highest BCUT2D eigenvalue weighted by Gasteiger charge is 2.39. The Hall–Kier alpha value is -2.94. The third-order valence-corrected chi connectivity index (χ3v) is 11.5. The molecule has 3 rings (SSSR count). The lowest BCUT2D eigenvalue weighted by molar-refractivity contribution is -0.136. The zero-order chi connectivity index (χ0) is 26.7. The molecule has 1 aromatic heterocycles. The lowest BCUT2D eigenvalue weighted by Gasteiger charge is -2.40. The van der Waals surface area contributed by atoms with Crippen LogP contribution in [0.25, 0.3) is 10.9 Å². The van der Waals surface area contributed by atoms with Gasteiger partial charge in [-0.15, -0.1) is 0 Å². The fourth-order valence-corrected chi connectivity index (χ4v) is 5.34. The summed E-state index contributed by atoms with van der Waals surface area (Å²) in [5.41, 5.74) is 2.91. The fraction of sp³-hybridized carbons (Fsp3) is 0.429. The first-order valence-electron chi connectivity index (χ1n) is 12.3. The summed E-state index contributed by atoms with van der Waals surface area (Å²) in [6.45, 7) is 13.7. The summed E-state index contributed by atoms with van der Waals surface area (Å²) >= 11 is 0. The molecule has 7 nitrogen and oxygen atoms in total. The second-order valence-electron chi connectivity index (χ2n) is 11.1. The molecular formula is C28H38N2O5Si. The van der Waals surface area contributed by atoms with E-state index in [0.717, 1.165) is 28.5 Å². The van der Waals surface area contributed by atoms with Gasteiger partial charge in [-0.25, -0.2) is 0 Å². The maximum absolute atomic E-state index is 11.9. The number of fused-ring (bicyclic) bond motifs is 1. The molecule has 0 saturated carbocycles. The number of pyridine rings is 1. The van der Waals surface area contributed by atoms with Crippen LogP contribution in [-0.2, 0) is 22.1 Å². The quantitative estimate of drug-likeness (QED) is 0.281. The first kappa shape index (κ1) is 27.6. The molecule has 2 aromatic carbocycles. The number of carboxylic acid groups (broad SMARTS) is 1. The minimum absolute atomic E-state index is 0.00246. The van der Waals surface area contributed by atoms with Crippen molar-refractivity contribution in [3.63, 3.8) is 0 Å². The van der Waals surface area contributed by atoms with Gasteiger partial charge < -0.3 is 24.9 Å². The lowest BCUT2D eigenvalue weighted by Crippen LogP contribution is -2.44. The number of nitrogens with one attached hydrogen (secondary N) is 2. The number of hydrogen-bond acceptors (Lipinski definition) is 5. The predicted octanol–water partition coefficient (Wildman–Crippen LogP) is 5.14. The maximum atomic E-state index is 11.9. The molecule has 8 heteroatoms. The predicted molar refractivity (Wildman–Crippen MR) is 146 cm³/mol. The number of carboxylic acids is 1. The second kappa shape index (κ2) is 11.0. The van der Waals surface area contributed by atoms with Crippen molar-refractivity contribution in [3.05, 3.63) is 75.6 Å². The third kappa shape index (κ3) is 6.84. The standard InChI is InChI=1S/C28H38N2O5Si/c1-18(14-19-8-7-9-20(15-19)16-26(33)34)29-17-24(35-36(5,6)28(2,3)4)21-10-12-23(31)27-22(21)11-13-25(32)30-27/h7-13,15,18,24,29,31H,14,16-17H2,1-6H3,(H,30,32)(H,33,34)/t18-,24-/m1/s1. The van der Waals surface area contributed by atoms with E-state index in [9.17, 15) is 14.7 Å². The van der Waals surface area contributed by atoms with Gasteiger partial charge in [-0.2, -0.15) is 0 Å². The molecule has 0 saturated heterocycles. The molecular weight excluding hydrogens is 472 g/mol. The molecule has 2 atom stereocenters. The van der Waals surface area contributed by atoms with E-state index in [1.165, 1.54) is 6.07 Å². The average Bonchev–Trinajstić information content (AvgIpc) is 2.76. The minimum Gasteiger partial charge on any atom is -0.506 e. The Balaban J connectivity index is 1.87. The SMILES string of the molecule is C[C@H](Cc1cccc(CC(=O)O)c1)NC[C@@H](O[Si](C)(C)C(C)(C)C)c1ccc(O)c2[nH]c(=O)ccc12. The van der Waals surface area contributed by atoms with E-state index < -0.39 is 14.3 Å². The number of benzene rings is 2. The van der Waals surface area contributed by atoms with Gasteiger partial charge >= 0.3 is 5.97 Å². The van der Waals surface area contributed by atoms with E-state index >= 15 is 0 Å². The highest BCUT2D eigenvalue weighted by Crippen LogP contribution is 2.41. The number of aliphatic carboxylic acids is 1. The molecule has 0 fully saturated rings. The van der Waals surface area contributed by atoms with E-state index in [1.54, 1.807) is 12.1 Å². The number of phenolic OH excluding ortho intramolecular Hbond substituents is 1. The van der Waals surface area contributed by atoms with Crippen molar-refractivity contribution < 1.29 is 19.4 Å². The Bertz CT molecular complexity index is 1280. The van der Waals surface area contributed by atoms with E-state index in [1.807, 2.05) is 30.3 Å². The van der Waals surface area contributed by atoms with Gasteiger partial charge in [-0.05, 0) is 60.3 Å². The molecule has 0 bridgehead atoms. The fourth-order valence-electron chi connectivity index (χ4n) is 4.06. The van der Waals surface area contributed by atoms with Crippen molar-refractivity contribution in [2.24, 2.45) is 0 Å². The van der Waals surface area contributed by atoms with Crippen molar-refractivity contribution in [2.45, 2.75) is 70.8 Å². The normalized spacial score (nSPS) is 14.1. The number of H-pyrrole nitrogens is 1. The van der Waals surface area contributed by atoms with Gasteiger partial charge in [-0.3, -0.25) is 9.59 Å². The van der Waals surface area contributed by atoms with Crippen molar-refractivity contribution >= 4 is 25.2 Å². The zero-order valence-corrected chi connectivity index (χ0v) is 23.0. The van der Waals surface area contributed by atoms with Gasteiger partial charge in [0.25, 0.3) is 0 Å². The molecule has 0 aliphatic heterocycles. The Morgan fingerprint density at radius 1 is 1.11 bits per heavy atom. The summed E-state index contributed by atoms with van der Waals surface area (Å²) in [5, 5.41) is 23.8. The van der Waals surface area contributed by atoms with Crippen LogP contribution in [0.15, 0.2) is 53.3 Å². The number of carbonyl (C=O) groups is 1. The van der Waals surface area contributed by atoms with Crippen molar-refractivity contribution in [2.75, 3.05) is 6.54 Å². The third-order valence-electron chi connectivity index (χ3n) is 7.04. The van der Waals surface area contributed by atoms with Crippen LogP contribution in [0.3, 0.4) is 0 Å². The van der Waals surface area contributed by atoms with Crippen LogP contribution in [-0.4, -0.2) is 42.1 Å². The first-order chi connectivity index (χ1) is 16.8. The van der Waals surface area contributed by atoms with Crippen LogP contribution < -0.4 is 10.9 Å². The van der Waals surface area contributed by atoms with Gasteiger partial charge in [-0.1, -0.05) is 51.1 Å². The highest BCUT2D eigenvalue weighted by atomic mass is 28.4. The van der Waals surface area contributed by atoms with Gasteiger partial charge in [0.1, 0.15) is 5.75 Å². The number of aromatic nitrogens is 1. The maximum Gasteiger partial charge on any atom is 0.307 e. The average molecular weight is 511 g/mol. The van der Waals surface area contributed by atoms with E-state index in [2.05, 4.69) is 51.1 Å². The summed E-state index contributed by atoms with van der Waals surface area (Å²) < 4.78 is 6.87. The van der Waals surface area contributed by atoms with Crippen LogP contribution in [0.2, 0.25) is 18.1 Å². The van der Waals surface area contributed by atoms with Crippen LogP contribution in [0.5, 0.6) is 5.75 Å². The first-order valence-corrected chi connectivity index (χ1v) is 15.2. The van der Waals surface area contributed by atoms with Crippen LogP contribution in [0, 0.1) is 0 Å². The Morgan fingerprint density at radius 2 is 1.81 bits per heavy atom. The van der Waals surface area contributed by atoms with Gasteiger partial charge in [0.05, 0.1) is 18.0 Å². The Kier molecular flexibility index (Phi) is 8.43. The lowest BCUT2D eigenvalue weighted by atomic mass is 10.0. The minimum atomic E-state index is -2.16. The summed E-state index contributed by atoms with van der Waals surface area (Å²) in [5.74, 6) is -0.813. The van der Waals surface area contributed by atoms with Crippen molar-refractivity contribution in [1.82, 2.24) is 10.3 Å². The second-order valence-corrected chi connectivity index (χ2v) is 15.8. The molecule has 0 aliphatic rings. The number of aromatic hydroxyl groups is 1. The van der Waals surface area contributed by atoms with Gasteiger partial charge in [0.15, 0.2) is 8.32 Å². The number of rotatable bonds is 10. The van der Waals surface area contributed by atoms with E-state index in [0.29, 0.717) is 12.1 Å². The largest absolute Gasteiger partial charge is 0.506 e. The van der Waals surface area contributed by atoms with E-state index in [4.69, 9.17) is 9.53 Å². The molecule has 0 unspecified atom stereocenters. The highest BCUT2D eigenvalue weighted by molar-refractivity contribution is 6.74. The summed E-state index contributed by atoms with van der Waals surface area (Å²) in [6, 6.07) is 14.5. The van der Waals surface area contributed by atoms with Crippen LogP contribution in [0.1, 0.15) is 50.5 Å². The smallest absolute Gasteiger partial charge is 0.307 e. The van der Waals surface area contributed by atoms with Gasteiger partial charge in [0.2, 0.25) is 5.56 Å². The van der Waals surface area contributed by atoms with Crippen molar-refractivity contribution in [3.8, 4) is 5.75 Å². The number of aromatic amines is 1. The molecule has 194 valence electrons. The Morgan fingerprint density at radius 3 is 2.47 bits per heavy atom. The molecule has 3 aromatic rings. The molecule has 4 N–H and O–H groups in total. The molecule has 36 heavy (non-hydrogen) atoms. The topological polar surface area (TPSA) is 112 Å². The molecule has 1 heterocycles. The van der Waals surface area contributed by atoms with Crippen LogP contribution >= 0.6 is 0 Å². The van der Waals surface area contributed by atoms with E-state index in [-0.39, 0.29) is 34.9 Å². The molecule has 0 aliphatic carbocycles. The van der Waals surface area contributed by atoms with Gasteiger partial charge in [0, 0.05) is 24.0 Å². The summed E-state index contributed by atoms with van der Waals surface area (Å²) in [6.07, 6.45) is 0.457. The van der Waals surface area contributed by atoms with Crippen LogP contribution in [0.4, 0.5) is 0 Å². The summed E-state index contributed by atoms with van der Waals surface area (Å²) in [7, 11) is -2.16. The zero-order valence-electron chi connectivity index (χ0n) is 22.0. The molecule has 0 amide bonds. The number of hydrogen-bond donors (Lipinski definition) is 4.